The van der Waals surface area contributed by atoms with E-state index in [1.54, 1.807) is 0 Å². The number of nitrogens with two attached hydrogens (primary N) is 1. The third kappa shape index (κ3) is 4.24. The van der Waals surface area contributed by atoms with Crippen molar-refractivity contribution in [2.45, 2.75) is 4.90 Å². The molecule has 2 aromatic rings. The molecule has 7 nitrogen and oxygen atoms in total. The van der Waals surface area contributed by atoms with Gasteiger partial charge in [0, 0.05) is 25.7 Å². The summed E-state index contributed by atoms with van der Waals surface area (Å²) in [6, 6.07) is 4.59. The molecule has 0 heterocycles. The SMILES string of the molecule is CN(C)S(=O)(=O)c1cc(C(=O)Nc2cc(C(N)=O)c(F)cc2F)ccc1Cl. The molecule has 0 atom stereocenters. The van der Waals surface area contributed by atoms with Crippen molar-refractivity contribution in [2.24, 2.45) is 5.73 Å². The predicted molar refractivity (Wildman–Crippen MR) is 95.2 cm³/mol. The number of anilines is 1. The number of benzene rings is 2. The van der Waals surface area contributed by atoms with Crippen LogP contribution >= 0.6 is 11.6 Å². The molecule has 2 amide bonds. The largest absolute Gasteiger partial charge is 0.366 e. The van der Waals surface area contributed by atoms with Gasteiger partial charge in [0.25, 0.3) is 11.8 Å². The van der Waals surface area contributed by atoms with Crippen LogP contribution in [-0.4, -0.2) is 38.6 Å². The monoisotopic (exact) mass is 417 g/mol. The normalized spacial score (nSPS) is 11.5. The Morgan fingerprint density at radius 3 is 2.30 bits per heavy atom. The Morgan fingerprint density at radius 1 is 1.11 bits per heavy atom. The summed E-state index contributed by atoms with van der Waals surface area (Å²) >= 11 is 5.90. The lowest BCUT2D eigenvalue weighted by molar-refractivity contribution is 0.0992. The number of carbonyl (C=O) groups excluding carboxylic acids is 2. The minimum Gasteiger partial charge on any atom is -0.366 e. The molecule has 27 heavy (non-hydrogen) atoms. The van der Waals surface area contributed by atoms with E-state index in [4.69, 9.17) is 17.3 Å². The molecule has 0 spiro atoms. The van der Waals surface area contributed by atoms with Gasteiger partial charge < -0.3 is 11.1 Å². The Bertz CT molecular complexity index is 1040. The molecule has 0 saturated heterocycles. The number of hydrogen-bond acceptors (Lipinski definition) is 4. The number of primary amides is 1. The maximum atomic E-state index is 13.9. The van der Waals surface area contributed by atoms with Crippen molar-refractivity contribution >= 4 is 39.1 Å². The molecule has 0 aliphatic heterocycles. The summed E-state index contributed by atoms with van der Waals surface area (Å²) in [6.45, 7) is 0. The molecule has 0 radical (unpaired) electrons. The fourth-order valence-corrected chi connectivity index (χ4v) is 3.46. The number of rotatable bonds is 5. The van der Waals surface area contributed by atoms with Crippen LogP contribution in [0.3, 0.4) is 0 Å². The van der Waals surface area contributed by atoms with E-state index in [2.05, 4.69) is 5.32 Å². The van der Waals surface area contributed by atoms with Crippen molar-refractivity contribution in [3.63, 3.8) is 0 Å². The van der Waals surface area contributed by atoms with Crippen LogP contribution in [0.4, 0.5) is 14.5 Å². The molecule has 0 unspecified atom stereocenters. The van der Waals surface area contributed by atoms with Crippen LogP contribution in [0.15, 0.2) is 35.2 Å². The maximum Gasteiger partial charge on any atom is 0.255 e. The molecule has 144 valence electrons. The van der Waals surface area contributed by atoms with E-state index >= 15 is 0 Å². The van der Waals surface area contributed by atoms with Crippen LogP contribution in [0, 0.1) is 11.6 Å². The summed E-state index contributed by atoms with van der Waals surface area (Å²) in [6.07, 6.45) is 0. The lowest BCUT2D eigenvalue weighted by atomic mass is 10.1. The number of amides is 2. The molecule has 3 N–H and O–H groups in total. The van der Waals surface area contributed by atoms with Gasteiger partial charge in [-0.15, -0.1) is 0 Å². The molecular formula is C16H14ClF2N3O4S. The van der Waals surface area contributed by atoms with E-state index in [9.17, 15) is 26.8 Å². The standard InChI is InChI=1S/C16H14ClF2N3O4S/c1-22(2)27(25,26)14-5-8(3-4-10(14)17)16(24)21-13-6-9(15(20)23)11(18)7-12(13)19/h3-7H,1-2H3,(H2,20,23)(H,21,24). The second-order valence-electron chi connectivity index (χ2n) is 5.56. The zero-order chi connectivity index (χ0) is 20.5. The smallest absolute Gasteiger partial charge is 0.255 e. The topological polar surface area (TPSA) is 110 Å². The molecule has 0 fully saturated rings. The summed E-state index contributed by atoms with van der Waals surface area (Å²) in [7, 11) is -1.35. The number of nitrogens with one attached hydrogen (secondary N) is 1. The van der Waals surface area contributed by atoms with Crippen LogP contribution in [0.2, 0.25) is 5.02 Å². The van der Waals surface area contributed by atoms with Crippen molar-refractivity contribution in [3.05, 3.63) is 58.1 Å². The van der Waals surface area contributed by atoms with Gasteiger partial charge in [-0.05, 0) is 24.3 Å². The highest BCUT2D eigenvalue weighted by Gasteiger charge is 2.23. The van der Waals surface area contributed by atoms with Crippen LogP contribution in [0.25, 0.3) is 0 Å². The highest BCUT2D eigenvalue weighted by Crippen LogP contribution is 2.26. The van der Waals surface area contributed by atoms with E-state index in [1.165, 1.54) is 26.2 Å². The van der Waals surface area contributed by atoms with Gasteiger partial charge in [0.1, 0.15) is 16.5 Å². The first-order valence-corrected chi connectivity index (χ1v) is 9.09. The van der Waals surface area contributed by atoms with Gasteiger partial charge in [-0.25, -0.2) is 21.5 Å². The van der Waals surface area contributed by atoms with E-state index < -0.39 is 44.7 Å². The Labute approximate surface area is 158 Å². The quantitative estimate of drug-likeness (QED) is 0.777. The van der Waals surface area contributed by atoms with Crippen molar-refractivity contribution in [2.75, 3.05) is 19.4 Å². The summed E-state index contributed by atoms with van der Waals surface area (Å²) in [5.74, 6) is -4.36. The first kappa shape index (κ1) is 20.7. The van der Waals surface area contributed by atoms with Crippen LogP contribution < -0.4 is 11.1 Å². The van der Waals surface area contributed by atoms with E-state index in [0.717, 1.165) is 16.4 Å². The van der Waals surface area contributed by atoms with Crippen molar-refractivity contribution in [1.29, 1.82) is 0 Å². The molecule has 11 heteroatoms. The van der Waals surface area contributed by atoms with Gasteiger partial charge in [-0.3, -0.25) is 9.59 Å². The zero-order valence-electron chi connectivity index (χ0n) is 14.1. The Hall–Kier alpha value is -2.56. The van der Waals surface area contributed by atoms with Gasteiger partial charge in [-0.1, -0.05) is 11.6 Å². The number of hydrogen-bond donors (Lipinski definition) is 2. The second-order valence-corrected chi connectivity index (χ2v) is 8.09. The lowest BCUT2D eigenvalue weighted by Gasteiger charge is -2.14. The molecule has 2 rings (SSSR count). The molecule has 0 bridgehead atoms. The molecule has 0 aromatic heterocycles. The Balaban J connectivity index is 2.43. The van der Waals surface area contributed by atoms with Gasteiger partial charge >= 0.3 is 0 Å². The highest BCUT2D eigenvalue weighted by molar-refractivity contribution is 7.89. The van der Waals surface area contributed by atoms with Crippen LogP contribution in [0.1, 0.15) is 20.7 Å². The maximum absolute atomic E-state index is 13.9. The van der Waals surface area contributed by atoms with E-state index in [1.807, 2.05) is 0 Å². The summed E-state index contributed by atoms with van der Waals surface area (Å²) < 4.78 is 52.8. The number of sulfonamides is 1. The minimum atomic E-state index is -3.93. The number of halogens is 3. The molecule has 0 saturated carbocycles. The average molecular weight is 418 g/mol. The second kappa shape index (κ2) is 7.59. The fourth-order valence-electron chi connectivity index (χ4n) is 2.07. The lowest BCUT2D eigenvalue weighted by Crippen LogP contribution is -2.23. The minimum absolute atomic E-state index is 0.107. The summed E-state index contributed by atoms with van der Waals surface area (Å²) in [5.41, 5.74) is 3.73. The predicted octanol–water partition coefficient (Wildman–Crippen LogP) is 2.22. The Kier molecular flexibility index (Phi) is 5.83. The van der Waals surface area contributed by atoms with E-state index in [0.29, 0.717) is 6.07 Å². The van der Waals surface area contributed by atoms with E-state index in [-0.39, 0.29) is 15.5 Å². The summed E-state index contributed by atoms with van der Waals surface area (Å²) in [4.78, 5) is 23.2. The molecule has 0 aliphatic rings. The highest BCUT2D eigenvalue weighted by atomic mass is 35.5. The van der Waals surface area contributed by atoms with Crippen molar-refractivity contribution < 1.29 is 26.8 Å². The van der Waals surface area contributed by atoms with Gasteiger partial charge in [-0.2, -0.15) is 0 Å². The van der Waals surface area contributed by atoms with Crippen molar-refractivity contribution in [1.82, 2.24) is 4.31 Å². The third-order valence-electron chi connectivity index (χ3n) is 3.52. The van der Waals surface area contributed by atoms with Crippen molar-refractivity contribution in [3.8, 4) is 0 Å². The fraction of sp³-hybridized carbons (Fsp3) is 0.125. The van der Waals surface area contributed by atoms with Crippen LogP contribution in [-0.2, 0) is 10.0 Å². The first-order chi connectivity index (χ1) is 12.4. The van der Waals surface area contributed by atoms with Gasteiger partial charge in [0.2, 0.25) is 10.0 Å². The number of nitrogens with zero attached hydrogens (tertiary/aromatic N) is 1. The third-order valence-corrected chi connectivity index (χ3v) is 5.82. The molecular weight excluding hydrogens is 404 g/mol. The van der Waals surface area contributed by atoms with Crippen LogP contribution in [0.5, 0.6) is 0 Å². The molecule has 2 aromatic carbocycles. The molecule has 0 aliphatic carbocycles. The zero-order valence-corrected chi connectivity index (χ0v) is 15.7. The Morgan fingerprint density at radius 2 is 1.74 bits per heavy atom. The first-order valence-electron chi connectivity index (χ1n) is 7.27. The summed E-state index contributed by atoms with van der Waals surface area (Å²) in [5, 5.41) is 2.03. The van der Waals surface area contributed by atoms with Gasteiger partial charge in [0.15, 0.2) is 0 Å². The van der Waals surface area contributed by atoms with Gasteiger partial charge in [0.05, 0.1) is 16.3 Å². The number of carbonyl (C=O) groups is 2. The average Bonchev–Trinajstić information content (AvgIpc) is 2.56.